The van der Waals surface area contributed by atoms with Crippen LogP contribution in [0.1, 0.15) is 48.0 Å². The lowest BCUT2D eigenvalue weighted by atomic mass is 9.84. The van der Waals surface area contributed by atoms with Crippen molar-refractivity contribution in [1.29, 1.82) is 0 Å². The second kappa shape index (κ2) is 9.51. The van der Waals surface area contributed by atoms with Crippen LogP contribution in [-0.4, -0.2) is 45.7 Å². The number of carbonyl (C=O) groups excluding carboxylic acids is 1. The molecule has 1 fully saturated rings. The van der Waals surface area contributed by atoms with Crippen molar-refractivity contribution in [1.82, 2.24) is 0 Å². The molecule has 0 aliphatic carbocycles. The number of carbonyl (C=O) groups is 1. The van der Waals surface area contributed by atoms with Crippen molar-refractivity contribution in [3.8, 4) is 0 Å². The molecule has 144 valence electrons. The maximum Gasteiger partial charge on any atom is 0.311 e. The molecule has 1 aliphatic rings. The molecule has 5 nitrogen and oxygen atoms in total. The van der Waals surface area contributed by atoms with Gasteiger partial charge in [-0.25, -0.2) is 0 Å². The average Bonchev–Trinajstić information content (AvgIpc) is 2.54. The van der Waals surface area contributed by atoms with Crippen molar-refractivity contribution in [2.45, 2.75) is 72.4 Å². The van der Waals surface area contributed by atoms with Gasteiger partial charge in [-0.3, -0.25) is 4.79 Å². The first-order valence-corrected chi connectivity index (χ1v) is 9.12. The van der Waals surface area contributed by atoms with Gasteiger partial charge in [0.25, 0.3) is 0 Å². The number of rotatable bonds is 7. The second-order valence-electron chi connectivity index (χ2n) is 7.75. The van der Waals surface area contributed by atoms with Crippen molar-refractivity contribution in [3.63, 3.8) is 0 Å². The third-order valence-electron chi connectivity index (χ3n) is 5.06. The first-order valence-electron chi connectivity index (χ1n) is 9.12. The summed E-state index contributed by atoms with van der Waals surface area (Å²) in [6.07, 6.45) is 3.09. The molecule has 25 heavy (non-hydrogen) atoms. The number of hydrogen-bond donors (Lipinski definition) is 3. The van der Waals surface area contributed by atoms with Gasteiger partial charge in [-0.2, -0.15) is 0 Å². The predicted molar refractivity (Wildman–Crippen MR) is 97.7 cm³/mol. The summed E-state index contributed by atoms with van der Waals surface area (Å²) >= 11 is 0. The van der Waals surface area contributed by atoms with Gasteiger partial charge in [0, 0.05) is 24.2 Å². The molecule has 0 aromatic rings. The molecule has 0 unspecified atom stereocenters. The monoisotopic (exact) mass is 354 g/mol. The SMILES string of the molecule is CC(C)=C[C@H](C)[C@@H](O)[C@@H](C)/C=C\[C@@H](O)C[C@@H]1OC(=O)[C@H](C)[C@@H](O)[C@H]1C. The van der Waals surface area contributed by atoms with E-state index in [-0.39, 0.29) is 24.2 Å². The van der Waals surface area contributed by atoms with Gasteiger partial charge in [-0.15, -0.1) is 0 Å². The van der Waals surface area contributed by atoms with E-state index in [2.05, 4.69) is 0 Å². The highest BCUT2D eigenvalue weighted by molar-refractivity contribution is 5.73. The largest absolute Gasteiger partial charge is 0.462 e. The Hall–Kier alpha value is -1.17. The highest BCUT2D eigenvalue weighted by Crippen LogP contribution is 2.29. The zero-order chi connectivity index (χ0) is 19.3. The minimum Gasteiger partial charge on any atom is -0.462 e. The third kappa shape index (κ3) is 6.24. The summed E-state index contributed by atoms with van der Waals surface area (Å²) in [6, 6.07) is 0. The molecule has 0 bridgehead atoms. The van der Waals surface area contributed by atoms with Crippen LogP contribution >= 0.6 is 0 Å². The van der Waals surface area contributed by atoms with Crippen molar-refractivity contribution in [3.05, 3.63) is 23.8 Å². The minimum absolute atomic E-state index is 0.0257. The van der Waals surface area contributed by atoms with Gasteiger partial charge in [-0.1, -0.05) is 44.6 Å². The maximum absolute atomic E-state index is 11.7. The Morgan fingerprint density at radius 1 is 1.16 bits per heavy atom. The van der Waals surface area contributed by atoms with Gasteiger partial charge in [0.05, 0.1) is 24.2 Å². The first kappa shape index (κ1) is 21.9. The number of hydrogen-bond acceptors (Lipinski definition) is 5. The second-order valence-corrected chi connectivity index (χ2v) is 7.75. The predicted octanol–water partition coefficient (Wildman–Crippen LogP) is 2.45. The first-order chi connectivity index (χ1) is 11.5. The molecule has 1 rings (SSSR count). The number of aliphatic hydroxyl groups excluding tert-OH is 3. The van der Waals surface area contributed by atoms with Crippen LogP contribution in [0.25, 0.3) is 0 Å². The molecule has 0 aromatic carbocycles. The summed E-state index contributed by atoms with van der Waals surface area (Å²) in [5.41, 5.74) is 1.16. The summed E-state index contributed by atoms with van der Waals surface area (Å²) < 4.78 is 5.34. The molecule has 0 saturated carbocycles. The van der Waals surface area contributed by atoms with E-state index in [0.717, 1.165) is 5.57 Å². The number of aliphatic hydroxyl groups is 3. The van der Waals surface area contributed by atoms with Crippen molar-refractivity contribution in [2.24, 2.45) is 23.7 Å². The van der Waals surface area contributed by atoms with Gasteiger partial charge < -0.3 is 20.1 Å². The molecule has 5 heteroatoms. The lowest BCUT2D eigenvalue weighted by Gasteiger charge is -2.36. The quantitative estimate of drug-likeness (QED) is 0.483. The fraction of sp³-hybridized carbons (Fsp3) is 0.750. The van der Waals surface area contributed by atoms with Crippen LogP contribution in [0.2, 0.25) is 0 Å². The van der Waals surface area contributed by atoms with E-state index >= 15 is 0 Å². The summed E-state index contributed by atoms with van der Waals surface area (Å²) in [5, 5.41) is 30.6. The summed E-state index contributed by atoms with van der Waals surface area (Å²) in [4.78, 5) is 11.7. The Labute approximate surface area is 151 Å². The molecule has 8 atom stereocenters. The van der Waals surface area contributed by atoms with Gasteiger partial charge in [0.15, 0.2) is 0 Å². The smallest absolute Gasteiger partial charge is 0.311 e. The molecule has 0 aromatic heterocycles. The lowest BCUT2D eigenvalue weighted by molar-refractivity contribution is -0.179. The summed E-state index contributed by atoms with van der Waals surface area (Å²) in [5.74, 6) is -1.27. The van der Waals surface area contributed by atoms with Crippen LogP contribution in [0, 0.1) is 23.7 Å². The molecule has 0 radical (unpaired) electrons. The van der Waals surface area contributed by atoms with E-state index in [1.807, 2.05) is 40.7 Å². The molecule has 0 amide bonds. The van der Waals surface area contributed by atoms with Gasteiger partial charge in [0.2, 0.25) is 0 Å². The van der Waals surface area contributed by atoms with Crippen LogP contribution in [-0.2, 0) is 9.53 Å². The van der Waals surface area contributed by atoms with E-state index in [1.54, 1.807) is 19.1 Å². The average molecular weight is 354 g/mol. The van der Waals surface area contributed by atoms with Crippen LogP contribution in [0.3, 0.4) is 0 Å². The molecular weight excluding hydrogens is 320 g/mol. The Bertz CT molecular complexity index is 494. The lowest BCUT2D eigenvalue weighted by Crippen LogP contribution is -2.47. The van der Waals surface area contributed by atoms with E-state index in [0.29, 0.717) is 0 Å². The fourth-order valence-electron chi connectivity index (χ4n) is 3.28. The standard InChI is InChI=1S/C20H34O5/c1-11(2)9-13(4)18(22)12(3)7-8-16(21)10-17-14(5)19(23)15(6)20(24)25-17/h7-9,12-19,21-23H,10H2,1-6H3/b8-7-/t12-,13-,14-,15+,16+,17-,18-,19-/m0/s1. The van der Waals surface area contributed by atoms with E-state index in [4.69, 9.17) is 4.74 Å². The van der Waals surface area contributed by atoms with Crippen LogP contribution in [0.15, 0.2) is 23.8 Å². The summed E-state index contributed by atoms with van der Waals surface area (Å²) in [7, 11) is 0. The van der Waals surface area contributed by atoms with Crippen LogP contribution in [0.5, 0.6) is 0 Å². The highest BCUT2D eigenvalue weighted by atomic mass is 16.5. The van der Waals surface area contributed by atoms with Crippen LogP contribution < -0.4 is 0 Å². The molecule has 1 heterocycles. The molecular formula is C20H34O5. The van der Waals surface area contributed by atoms with Gasteiger partial charge in [-0.05, 0) is 20.8 Å². The molecule has 1 saturated heterocycles. The number of ether oxygens (including phenoxy) is 1. The Kier molecular flexibility index (Phi) is 8.32. The number of esters is 1. The Morgan fingerprint density at radius 2 is 1.76 bits per heavy atom. The van der Waals surface area contributed by atoms with E-state index in [1.165, 1.54) is 0 Å². The molecule has 1 aliphatic heterocycles. The van der Waals surface area contributed by atoms with Crippen molar-refractivity contribution >= 4 is 5.97 Å². The van der Waals surface area contributed by atoms with E-state index in [9.17, 15) is 20.1 Å². The fourth-order valence-corrected chi connectivity index (χ4v) is 3.28. The molecule has 3 N–H and O–H groups in total. The van der Waals surface area contributed by atoms with E-state index < -0.39 is 36.3 Å². The number of cyclic esters (lactones) is 1. The minimum atomic E-state index is -0.797. The third-order valence-corrected chi connectivity index (χ3v) is 5.06. The van der Waals surface area contributed by atoms with Crippen molar-refractivity contribution in [2.75, 3.05) is 0 Å². The van der Waals surface area contributed by atoms with Crippen LogP contribution in [0.4, 0.5) is 0 Å². The zero-order valence-electron chi connectivity index (χ0n) is 16.2. The Balaban J connectivity index is 2.60. The Morgan fingerprint density at radius 3 is 2.32 bits per heavy atom. The zero-order valence-corrected chi connectivity index (χ0v) is 16.2. The number of allylic oxidation sites excluding steroid dienone is 1. The normalized spacial score (nSPS) is 32.0. The maximum atomic E-state index is 11.7. The van der Waals surface area contributed by atoms with Gasteiger partial charge in [0.1, 0.15) is 6.10 Å². The van der Waals surface area contributed by atoms with Crippen molar-refractivity contribution < 1.29 is 24.9 Å². The van der Waals surface area contributed by atoms with Gasteiger partial charge >= 0.3 is 5.97 Å². The topological polar surface area (TPSA) is 87.0 Å². The summed E-state index contributed by atoms with van der Waals surface area (Å²) in [6.45, 7) is 11.3. The highest BCUT2D eigenvalue weighted by Gasteiger charge is 2.40. The molecule has 0 spiro atoms.